The first-order chi connectivity index (χ1) is 8.90. The third kappa shape index (κ3) is 2.96. The Morgan fingerprint density at radius 2 is 2.11 bits per heavy atom. The van der Waals surface area contributed by atoms with Crippen molar-refractivity contribution in [3.63, 3.8) is 0 Å². The molecule has 0 amide bonds. The number of aryl methyl sites for hydroxylation is 3. The largest absolute Gasteiger partial charge is 0.398 e. The molecule has 0 aliphatic carbocycles. The van der Waals surface area contributed by atoms with Crippen LogP contribution in [0.25, 0.3) is 0 Å². The highest BCUT2D eigenvalue weighted by Crippen LogP contribution is 2.21. The van der Waals surface area contributed by atoms with Crippen molar-refractivity contribution >= 4 is 15.5 Å². The van der Waals surface area contributed by atoms with Gasteiger partial charge in [0.15, 0.2) is 9.84 Å². The molecule has 1 heterocycles. The molecule has 0 radical (unpaired) electrons. The third-order valence-electron chi connectivity index (χ3n) is 3.02. The summed E-state index contributed by atoms with van der Waals surface area (Å²) in [7, 11) is -1.54. The Labute approximate surface area is 113 Å². The van der Waals surface area contributed by atoms with Gasteiger partial charge in [-0.15, -0.1) is 0 Å². The van der Waals surface area contributed by atoms with Gasteiger partial charge in [-0.25, -0.2) is 13.4 Å². The van der Waals surface area contributed by atoms with Gasteiger partial charge in [0, 0.05) is 25.9 Å². The minimum absolute atomic E-state index is 0.00507. The van der Waals surface area contributed by atoms with Crippen LogP contribution in [-0.4, -0.2) is 23.7 Å². The number of hydrogen-bond acceptors (Lipinski definition) is 4. The Hall–Kier alpha value is -1.82. The molecule has 6 heteroatoms. The number of anilines is 1. The second-order valence-electron chi connectivity index (χ2n) is 4.56. The number of nitrogen functional groups attached to an aromatic ring is 1. The van der Waals surface area contributed by atoms with Crippen molar-refractivity contribution in [2.24, 2.45) is 7.05 Å². The molecule has 0 bridgehead atoms. The average Bonchev–Trinajstić information content (AvgIpc) is 2.72. The maximum atomic E-state index is 12.3. The monoisotopic (exact) mass is 279 g/mol. The molecular formula is C13H17N3O2S. The van der Waals surface area contributed by atoms with E-state index < -0.39 is 9.84 Å². The fraction of sp³-hybridized carbons (Fsp3) is 0.308. The zero-order chi connectivity index (χ0) is 14.0. The van der Waals surface area contributed by atoms with E-state index in [0.717, 1.165) is 11.4 Å². The summed E-state index contributed by atoms with van der Waals surface area (Å²) in [6, 6.07) is 5.00. The topological polar surface area (TPSA) is 78.0 Å². The maximum absolute atomic E-state index is 12.3. The summed E-state index contributed by atoms with van der Waals surface area (Å²) >= 11 is 0. The molecule has 102 valence electrons. The van der Waals surface area contributed by atoms with Gasteiger partial charge in [0.2, 0.25) is 0 Å². The van der Waals surface area contributed by atoms with E-state index in [1.54, 1.807) is 30.6 Å². The lowest BCUT2D eigenvalue weighted by Crippen LogP contribution is -2.13. The summed E-state index contributed by atoms with van der Waals surface area (Å²) in [5.41, 5.74) is 7.04. The number of sulfone groups is 1. The highest BCUT2D eigenvalue weighted by Gasteiger charge is 2.18. The second-order valence-corrected chi connectivity index (χ2v) is 6.64. The SMILES string of the molecule is Cc1ccc(S(=O)(=O)CCc2nccn2C)c(N)c1. The molecule has 2 N–H and O–H groups in total. The predicted molar refractivity (Wildman–Crippen MR) is 74.6 cm³/mol. The van der Waals surface area contributed by atoms with Crippen LogP contribution in [0.1, 0.15) is 11.4 Å². The number of aromatic nitrogens is 2. The first-order valence-corrected chi connectivity index (χ1v) is 7.60. The van der Waals surface area contributed by atoms with Crippen LogP contribution >= 0.6 is 0 Å². The molecule has 5 nitrogen and oxygen atoms in total. The zero-order valence-electron chi connectivity index (χ0n) is 11.0. The van der Waals surface area contributed by atoms with E-state index >= 15 is 0 Å². The Morgan fingerprint density at radius 1 is 1.37 bits per heavy atom. The average molecular weight is 279 g/mol. The van der Waals surface area contributed by atoms with E-state index in [0.29, 0.717) is 12.1 Å². The number of rotatable bonds is 4. The predicted octanol–water partition coefficient (Wildman–Crippen LogP) is 1.33. The molecule has 2 aromatic rings. The Bertz CT molecular complexity index is 690. The van der Waals surface area contributed by atoms with Crippen LogP contribution in [0.15, 0.2) is 35.5 Å². The fourth-order valence-corrected chi connectivity index (χ4v) is 3.29. The zero-order valence-corrected chi connectivity index (χ0v) is 11.8. The van der Waals surface area contributed by atoms with Crippen molar-refractivity contribution in [1.29, 1.82) is 0 Å². The highest BCUT2D eigenvalue weighted by atomic mass is 32.2. The van der Waals surface area contributed by atoms with E-state index in [-0.39, 0.29) is 10.6 Å². The molecule has 0 spiro atoms. The first-order valence-electron chi connectivity index (χ1n) is 5.95. The first kappa shape index (κ1) is 13.6. The molecule has 0 saturated heterocycles. The van der Waals surface area contributed by atoms with Crippen molar-refractivity contribution in [2.45, 2.75) is 18.2 Å². The van der Waals surface area contributed by atoms with E-state index in [4.69, 9.17) is 5.73 Å². The van der Waals surface area contributed by atoms with Gasteiger partial charge in [-0.05, 0) is 24.6 Å². The Kier molecular flexibility index (Phi) is 3.61. The minimum atomic E-state index is -3.38. The van der Waals surface area contributed by atoms with Gasteiger partial charge < -0.3 is 10.3 Å². The molecule has 0 saturated carbocycles. The normalized spacial score (nSPS) is 11.7. The van der Waals surface area contributed by atoms with Crippen LogP contribution in [0.2, 0.25) is 0 Å². The summed E-state index contributed by atoms with van der Waals surface area (Å²) < 4.78 is 26.3. The summed E-state index contributed by atoms with van der Waals surface area (Å²) in [5, 5.41) is 0. The van der Waals surface area contributed by atoms with E-state index in [1.807, 2.05) is 18.5 Å². The second kappa shape index (κ2) is 5.05. The summed E-state index contributed by atoms with van der Waals surface area (Å²) in [4.78, 5) is 4.32. The number of benzene rings is 1. The van der Waals surface area contributed by atoms with Crippen LogP contribution in [0, 0.1) is 6.92 Å². The van der Waals surface area contributed by atoms with Gasteiger partial charge in [-0.3, -0.25) is 0 Å². The number of hydrogen-bond donors (Lipinski definition) is 1. The lowest BCUT2D eigenvalue weighted by Gasteiger charge is -2.08. The van der Waals surface area contributed by atoms with Crippen LogP contribution in [-0.2, 0) is 23.3 Å². The summed E-state index contributed by atoms with van der Waals surface area (Å²) in [6.45, 7) is 1.88. The molecule has 19 heavy (non-hydrogen) atoms. The lowest BCUT2D eigenvalue weighted by molar-refractivity contribution is 0.594. The maximum Gasteiger partial charge on any atom is 0.180 e. The number of nitrogens with two attached hydrogens (primary N) is 1. The molecule has 0 aliphatic heterocycles. The molecule has 0 fully saturated rings. The van der Waals surface area contributed by atoms with Crippen molar-refractivity contribution in [3.8, 4) is 0 Å². The van der Waals surface area contributed by atoms with Gasteiger partial charge >= 0.3 is 0 Å². The van der Waals surface area contributed by atoms with Crippen LogP contribution in [0.4, 0.5) is 5.69 Å². The van der Waals surface area contributed by atoms with Crippen molar-refractivity contribution in [3.05, 3.63) is 42.0 Å². The molecule has 2 rings (SSSR count). The van der Waals surface area contributed by atoms with Crippen LogP contribution in [0.5, 0.6) is 0 Å². The van der Waals surface area contributed by atoms with E-state index in [2.05, 4.69) is 4.98 Å². The summed E-state index contributed by atoms with van der Waals surface area (Å²) in [5.74, 6) is 0.750. The molecule has 0 unspecified atom stereocenters. The molecule has 0 atom stereocenters. The molecular weight excluding hydrogens is 262 g/mol. The van der Waals surface area contributed by atoms with Gasteiger partial charge in [0.05, 0.1) is 16.3 Å². The Morgan fingerprint density at radius 3 is 2.68 bits per heavy atom. The van der Waals surface area contributed by atoms with Gasteiger partial charge in [-0.1, -0.05) is 6.07 Å². The lowest BCUT2D eigenvalue weighted by atomic mass is 10.2. The molecule has 1 aromatic carbocycles. The number of nitrogens with zero attached hydrogens (tertiary/aromatic N) is 2. The highest BCUT2D eigenvalue weighted by molar-refractivity contribution is 7.91. The molecule has 0 aliphatic rings. The van der Waals surface area contributed by atoms with Crippen molar-refractivity contribution < 1.29 is 8.42 Å². The van der Waals surface area contributed by atoms with Gasteiger partial charge in [0.1, 0.15) is 5.82 Å². The van der Waals surface area contributed by atoms with Crippen LogP contribution in [0.3, 0.4) is 0 Å². The van der Waals surface area contributed by atoms with E-state index in [1.165, 1.54) is 0 Å². The fourth-order valence-electron chi connectivity index (χ4n) is 1.92. The minimum Gasteiger partial charge on any atom is -0.398 e. The Balaban J connectivity index is 2.21. The third-order valence-corrected chi connectivity index (χ3v) is 4.80. The molecule has 1 aromatic heterocycles. The van der Waals surface area contributed by atoms with Gasteiger partial charge in [0.25, 0.3) is 0 Å². The smallest absolute Gasteiger partial charge is 0.180 e. The van der Waals surface area contributed by atoms with E-state index in [9.17, 15) is 8.42 Å². The van der Waals surface area contributed by atoms with Crippen molar-refractivity contribution in [2.75, 3.05) is 11.5 Å². The van der Waals surface area contributed by atoms with Gasteiger partial charge in [-0.2, -0.15) is 0 Å². The standard InChI is InChI=1S/C13H17N3O2S/c1-10-3-4-12(11(14)9-10)19(17,18)8-5-13-15-6-7-16(13)2/h3-4,6-7,9H,5,8,14H2,1-2H3. The number of imidazole rings is 1. The van der Waals surface area contributed by atoms with Crippen LogP contribution < -0.4 is 5.73 Å². The summed E-state index contributed by atoms with van der Waals surface area (Å²) in [6.07, 6.45) is 3.82. The quantitative estimate of drug-likeness (QED) is 0.856. The van der Waals surface area contributed by atoms with Crippen molar-refractivity contribution in [1.82, 2.24) is 9.55 Å².